The van der Waals surface area contributed by atoms with Crippen LogP contribution in [0.3, 0.4) is 0 Å². The summed E-state index contributed by atoms with van der Waals surface area (Å²) in [6.07, 6.45) is 4.35. The lowest BCUT2D eigenvalue weighted by molar-refractivity contribution is 0.152. The Kier molecular flexibility index (Phi) is 7.60. The van der Waals surface area contributed by atoms with Crippen LogP contribution in [0.2, 0.25) is 0 Å². The molecule has 2 heterocycles. The molecular weight excluding hydrogens is 384 g/mol. The van der Waals surface area contributed by atoms with Crippen molar-refractivity contribution in [2.45, 2.75) is 39.2 Å². The lowest BCUT2D eigenvalue weighted by Gasteiger charge is -2.32. The van der Waals surface area contributed by atoms with Gasteiger partial charge in [0, 0.05) is 39.1 Å². The van der Waals surface area contributed by atoms with Crippen LogP contribution >= 0.6 is 0 Å². The van der Waals surface area contributed by atoms with Gasteiger partial charge in [-0.1, -0.05) is 29.8 Å². The molecule has 0 saturated carbocycles. The zero-order valence-corrected chi connectivity index (χ0v) is 19.1. The highest BCUT2D eigenvalue weighted by atomic mass is 16.5. The van der Waals surface area contributed by atoms with E-state index in [2.05, 4.69) is 76.9 Å². The number of likely N-dealkylation sites (N-methyl/N-ethyl adjacent to an activating group) is 1. The zero-order chi connectivity index (χ0) is 21.5. The van der Waals surface area contributed by atoms with Crippen molar-refractivity contribution in [3.63, 3.8) is 0 Å². The van der Waals surface area contributed by atoms with Crippen molar-refractivity contribution in [3.8, 4) is 5.75 Å². The van der Waals surface area contributed by atoms with E-state index in [-0.39, 0.29) is 0 Å². The van der Waals surface area contributed by atoms with Crippen molar-refractivity contribution < 1.29 is 4.74 Å². The molecule has 2 aromatic carbocycles. The number of unbranched alkanes of at least 4 members (excludes halogenated alkanes) is 1. The van der Waals surface area contributed by atoms with Gasteiger partial charge in [0.2, 0.25) is 0 Å². The van der Waals surface area contributed by atoms with E-state index >= 15 is 0 Å². The third-order valence-electron chi connectivity index (χ3n) is 6.27. The number of hydrogen-bond acceptors (Lipinski definition) is 4. The largest absolute Gasteiger partial charge is 0.494 e. The van der Waals surface area contributed by atoms with Gasteiger partial charge in [0.1, 0.15) is 11.6 Å². The molecule has 0 spiro atoms. The number of aromatic nitrogens is 2. The summed E-state index contributed by atoms with van der Waals surface area (Å²) < 4.78 is 8.34. The van der Waals surface area contributed by atoms with Crippen LogP contribution in [-0.2, 0) is 13.0 Å². The molecule has 0 unspecified atom stereocenters. The zero-order valence-electron chi connectivity index (χ0n) is 19.1. The Morgan fingerprint density at radius 1 is 0.871 bits per heavy atom. The molecule has 5 nitrogen and oxygen atoms in total. The number of benzene rings is 2. The minimum Gasteiger partial charge on any atom is -0.494 e. The molecule has 1 aliphatic rings. The van der Waals surface area contributed by atoms with Crippen LogP contribution in [0.25, 0.3) is 11.0 Å². The normalized spacial score (nSPS) is 15.5. The number of aryl methyl sites for hydroxylation is 3. The minimum absolute atomic E-state index is 0.758. The Morgan fingerprint density at radius 2 is 1.65 bits per heavy atom. The Morgan fingerprint density at radius 3 is 2.45 bits per heavy atom. The van der Waals surface area contributed by atoms with E-state index in [0.717, 1.165) is 43.7 Å². The summed E-state index contributed by atoms with van der Waals surface area (Å²) in [6.45, 7) is 9.77. The molecule has 0 N–H and O–H groups in total. The predicted octanol–water partition coefficient (Wildman–Crippen LogP) is 4.38. The predicted molar refractivity (Wildman–Crippen MR) is 128 cm³/mol. The Bertz CT molecular complexity index is 942. The van der Waals surface area contributed by atoms with E-state index in [9.17, 15) is 0 Å². The second-order valence-electron chi connectivity index (χ2n) is 8.79. The van der Waals surface area contributed by atoms with E-state index in [1.807, 2.05) is 0 Å². The number of hydrogen-bond donors (Lipinski definition) is 0. The first-order chi connectivity index (χ1) is 15.2. The van der Waals surface area contributed by atoms with Crippen molar-refractivity contribution in [1.82, 2.24) is 19.4 Å². The molecule has 5 heteroatoms. The fraction of sp³-hybridized carbons (Fsp3) is 0.500. The quantitative estimate of drug-likeness (QED) is 0.456. The van der Waals surface area contributed by atoms with Crippen LogP contribution in [0.1, 0.15) is 30.7 Å². The van der Waals surface area contributed by atoms with Gasteiger partial charge in [-0.25, -0.2) is 4.98 Å². The fourth-order valence-electron chi connectivity index (χ4n) is 4.29. The minimum atomic E-state index is 0.758. The number of ether oxygens (including phenoxy) is 1. The van der Waals surface area contributed by atoms with E-state index in [4.69, 9.17) is 9.72 Å². The molecule has 1 aliphatic heterocycles. The van der Waals surface area contributed by atoms with Gasteiger partial charge < -0.3 is 19.1 Å². The summed E-state index contributed by atoms with van der Waals surface area (Å²) in [5, 5.41) is 0. The average molecular weight is 421 g/mol. The highest BCUT2D eigenvalue weighted by Crippen LogP contribution is 2.19. The third kappa shape index (κ3) is 6.08. The van der Waals surface area contributed by atoms with E-state index in [1.165, 1.54) is 56.0 Å². The second kappa shape index (κ2) is 10.8. The molecule has 0 bridgehead atoms. The maximum Gasteiger partial charge on any atom is 0.119 e. The number of piperazine rings is 1. The summed E-state index contributed by atoms with van der Waals surface area (Å²) in [4.78, 5) is 9.97. The molecular formula is C26H36N4O. The van der Waals surface area contributed by atoms with E-state index in [0.29, 0.717) is 0 Å². The second-order valence-corrected chi connectivity index (χ2v) is 8.79. The topological polar surface area (TPSA) is 33.5 Å². The van der Waals surface area contributed by atoms with Gasteiger partial charge in [-0.05, 0) is 64.0 Å². The van der Waals surface area contributed by atoms with Crippen molar-refractivity contribution >= 4 is 11.0 Å². The van der Waals surface area contributed by atoms with Crippen molar-refractivity contribution in [1.29, 1.82) is 0 Å². The summed E-state index contributed by atoms with van der Waals surface area (Å²) in [5.74, 6) is 2.19. The molecule has 31 heavy (non-hydrogen) atoms. The SMILES string of the molecule is Cc1ccc(OCCCCn2c(CCCN3CCN(C)CC3)nc3ccccc32)cc1. The molecule has 1 saturated heterocycles. The van der Waals surface area contributed by atoms with E-state index in [1.54, 1.807) is 0 Å². The van der Waals surface area contributed by atoms with Gasteiger partial charge in [-0.2, -0.15) is 0 Å². The number of imidazole rings is 1. The van der Waals surface area contributed by atoms with Gasteiger partial charge >= 0.3 is 0 Å². The number of para-hydroxylation sites is 2. The van der Waals surface area contributed by atoms with Gasteiger partial charge in [-0.3, -0.25) is 0 Å². The van der Waals surface area contributed by atoms with Gasteiger partial charge in [0.05, 0.1) is 17.6 Å². The molecule has 1 aromatic heterocycles. The summed E-state index contributed by atoms with van der Waals surface area (Å²) >= 11 is 0. The maximum absolute atomic E-state index is 5.90. The standard InChI is InChI=1S/C26H36N4O/c1-22-11-13-23(14-12-22)31-21-6-5-16-30-25-9-4-3-8-24(25)27-26(30)10-7-15-29-19-17-28(2)18-20-29/h3-4,8-9,11-14H,5-7,10,15-21H2,1-2H3. The highest BCUT2D eigenvalue weighted by Gasteiger charge is 2.14. The monoisotopic (exact) mass is 420 g/mol. The van der Waals surface area contributed by atoms with Crippen LogP contribution in [-0.4, -0.2) is 65.7 Å². The molecule has 3 aromatic rings. The Hall–Kier alpha value is -2.37. The number of rotatable bonds is 10. The number of nitrogens with zero attached hydrogens (tertiary/aromatic N) is 4. The molecule has 0 aliphatic carbocycles. The lowest BCUT2D eigenvalue weighted by Crippen LogP contribution is -2.44. The molecule has 0 radical (unpaired) electrons. The summed E-state index contributed by atoms with van der Waals surface area (Å²) in [5.41, 5.74) is 3.64. The summed E-state index contributed by atoms with van der Waals surface area (Å²) in [7, 11) is 2.21. The smallest absolute Gasteiger partial charge is 0.119 e. The summed E-state index contributed by atoms with van der Waals surface area (Å²) in [6, 6.07) is 16.8. The molecule has 166 valence electrons. The van der Waals surface area contributed by atoms with Crippen LogP contribution in [0.4, 0.5) is 0 Å². The van der Waals surface area contributed by atoms with Crippen LogP contribution in [0.15, 0.2) is 48.5 Å². The number of fused-ring (bicyclic) bond motifs is 1. The highest BCUT2D eigenvalue weighted by molar-refractivity contribution is 5.75. The molecule has 0 amide bonds. The Balaban J connectivity index is 1.29. The fourth-order valence-corrected chi connectivity index (χ4v) is 4.29. The van der Waals surface area contributed by atoms with Gasteiger partial charge in [-0.15, -0.1) is 0 Å². The molecule has 4 rings (SSSR count). The van der Waals surface area contributed by atoms with Crippen molar-refractivity contribution in [2.24, 2.45) is 0 Å². The molecule has 1 fully saturated rings. The van der Waals surface area contributed by atoms with Gasteiger partial charge in [0.25, 0.3) is 0 Å². The maximum atomic E-state index is 5.90. The first-order valence-corrected chi connectivity index (χ1v) is 11.7. The molecule has 0 atom stereocenters. The van der Waals surface area contributed by atoms with Crippen LogP contribution in [0, 0.1) is 6.92 Å². The van der Waals surface area contributed by atoms with Crippen LogP contribution < -0.4 is 4.74 Å². The van der Waals surface area contributed by atoms with Crippen LogP contribution in [0.5, 0.6) is 5.75 Å². The van der Waals surface area contributed by atoms with Gasteiger partial charge in [0.15, 0.2) is 0 Å². The first kappa shape index (κ1) is 21.8. The Labute approximate surface area is 186 Å². The average Bonchev–Trinajstić information content (AvgIpc) is 3.13. The first-order valence-electron chi connectivity index (χ1n) is 11.7. The van der Waals surface area contributed by atoms with E-state index < -0.39 is 0 Å². The van der Waals surface area contributed by atoms with Crippen molar-refractivity contribution in [2.75, 3.05) is 46.4 Å². The third-order valence-corrected chi connectivity index (χ3v) is 6.27. The van der Waals surface area contributed by atoms with Crippen molar-refractivity contribution in [3.05, 3.63) is 59.9 Å². The lowest BCUT2D eigenvalue weighted by atomic mass is 10.2.